The molecule has 0 aromatic heterocycles. The molecule has 0 N–H and O–H groups in total. The zero-order chi connectivity index (χ0) is 26.5. The number of hydrogen-bond acceptors (Lipinski definition) is 4. The van der Waals surface area contributed by atoms with Crippen molar-refractivity contribution >= 4 is 17.4 Å². The Morgan fingerprint density at radius 2 is 1.22 bits per heavy atom. The van der Waals surface area contributed by atoms with E-state index in [0.717, 1.165) is 54.3 Å². The van der Waals surface area contributed by atoms with E-state index in [9.17, 15) is 9.59 Å². The third kappa shape index (κ3) is 9.85. The second-order valence-corrected chi connectivity index (χ2v) is 10.3. The van der Waals surface area contributed by atoms with E-state index in [2.05, 4.69) is 33.3 Å². The van der Waals surface area contributed by atoms with Gasteiger partial charge in [0.25, 0.3) is 0 Å². The molecule has 0 radical (unpaired) electrons. The van der Waals surface area contributed by atoms with Crippen LogP contribution in [0.5, 0.6) is 5.75 Å². The van der Waals surface area contributed by atoms with Gasteiger partial charge in [-0.25, -0.2) is 0 Å². The first-order valence-electron chi connectivity index (χ1n) is 13.2. The van der Waals surface area contributed by atoms with E-state index in [4.69, 9.17) is 9.47 Å². The molecule has 3 aromatic carbocycles. The highest BCUT2D eigenvalue weighted by Gasteiger charge is 2.12. The molecular formula is C32H40NO4+. The van der Waals surface area contributed by atoms with Gasteiger partial charge in [-0.3, -0.25) is 14.1 Å². The van der Waals surface area contributed by atoms with E-state index in [0.29, 0.717) is 30.8 Å². The van der Waals surface area contributed by atoms with E-state index in [1.54, 1.807) is 0 Å². The van der Waals surface area contributed by atoms with Crippen LogP contribution in [0.25, 0.3) is 0 Å². The van der Waals surface area contributed by atoms with E-state index >= 15 is 0 Å². The fourth-order valence-electron chi connectivity index (χ4n) is 4.02. The van der Waals surface area contributed by atoms with Crippen LogP contribution in [0.3, 0.4) is 0 Å². The fourth-order valence-corrected chi connectivity index (χ4v) is 4.02. The van der Waals surface area contributed by atoms with E-state index < -0.39 is 0 Å². The lowest BCUT2D eigenvalue weighted by atomic mass is 10.0. The Kier molecular flexibility index (Phi) is 10.9. The molecular weight excluding hydrogens is 462 g/mol. The predicted molar refractivity (Wildman–Crippen MR) is 150 cm³/mol. The van der Waals surface area contributed by atoms with E-state index in [1.807, 2.05) is 66.7 Å². The molecule has 0 fully saturated rings. The summed E-state index contributed by atoms with van der Waals surface area (Å²) in [6, 6.07) is 24.8. The number of unbranched alkanes of at least 4 members (excludes halogenated alkanes) is 5. The summed E-state index contributed by atoms with van der Waals surface area (Å²) in [5.41, 5.74) is 3.55. The van der Waals surface area contributed by atoms with Crippen LogP contribution < -0.4 is 9.22 Å². The molecule has 3 aromatic rings. The Bertz CT molecular complexity index is 1100. The summed E-state index contributed by atoms with van der Waals surface area (Å²) in [4.78, 5) is 24.5. The Morgan fingerprint density at radius 1 is 0.649 bits per heavy atom. The minimum absolute atomic E-state index is 0.0206. The van der Waals surface area contributed by atoms with Crippen molar-refractivity contribution in [3.05, 3.63) is 95.6 Å². The summed E-state index contributed by atoms with van der Waals surface area (Å²) >= 11 is 0. The van der Waals surface area contributed by atoms with Crippen molar-refractivity contribution < 1.29 is 19.1 Å². The summed E-state index contributed by atoms with van der Waals surface area (Å²) in [6.07, 6.45) is 6.64. The summed E-state index contributed by atoms with van der Waals surface area (Å²) in [5.74, 6) is 0.649. The van der Waals surface area contributed by atoms with Crippen LogP contribution in [-0.2, 0) is 16.0 Å². The molecule has 0 atom stereocenters. The van der Waals surface area contributed by atoms with Gasteiger partial charge in [0.1, 0.15) is 11.4 Å². The number of carbonyl (C=O) groups excluding carboxylic acids is 2. The number of nitrogens with zero attached hydrogens (tertiary/aromatic N) is 1. The van der Waals surface area contributed by atoms with Gasteiger partial charge < -0.3 is 9.47 Å². The first-order valence-corrected chi connectivity index (χ1v) is 13.2. The Morgan fingerprint density at radius 3 is 1.84 bits per heavy atom. The number of benzene rings is 3. The van der Waals surface area contributed by atoms with E-state index in [-0.39, 0.29) is 11.8 Å². The molecule has 0 spiro atoms. The summed E-state index contributed by atoms with van der Waals surface area (Å²) < 4.78 is 12.0. The molecule has 5 heteroatoms. The molecule has 5 nitrogen and oxygen atoms in total. The molecule has 196 valence electrons. The highest BCUT2D eigenvalue weighted by atomic mass is 16.5. The molecule has 37 heavy (non-hydrogen) atoms. The lowest BCUT2D eigenvalue weighted by Gasteiger charge is -2.23. The lowest BCUT2D eigenvalue weighted by Crippen LogP contribution is -2.34. The number of carbonyl (C=O) groups is 2. The van der Waals surface area contributed by atoms with Gasteiger partial charge in [0, 0.05) is 11.1 Å². The highest BCUT2D eigenvalue weighted by Crippen LogP contribution is 2.18. The second kappa shape index (κ2) is 14.3. The largest absolute Gasteiger partial charge is 0.494 e. The summed E-state index contributed by atoms with van der Waals surface area (Å²) in [6.45, 7) is 1.15. The number of quaternary nitrogens is 1. The minimum atomic E-state index is -0.160. The van der Waals surface area contributed by atoms with Gasteiger partial charge in [0.15, 0.2) is 5.78 Å². The molecule has 0 aliphatic heterocycles. The standard InChI is InChI=1S/C32H40NO4/c1-33(2,3)29-19-15-26(16-20-29)25-31(34)37-24-12-7-5-4-6-11-23-36-30-21-17-28(18-22-30)32(35)27-13-9-8-10-14-27/h8-10,13-22H,4-7,11-12,23-25H2,1-3H3/q+1. The maximum absolute atomic E-state index is 12.5. The van der Waals surface area contributed by atoms with Crippen LogP contribution in [0, 0.1) is 0 Å². The zero-order valence-corrected chi connectivity index (χ0v) is 22.4. The lowest BCUT2D eigenvalue weighted by molar-refractivity contribution is -0.142. The summed E-state index contributed by atoms with van der Waals surface area (Å²) in [5, 5.41) is 0. The second-order valence-electron chi connectivity index (χ2n) is 10.3. The topological polar surface area (TPSA) is 52.6 Å². The molecule has 0 saturated heterocycles. The fraction of sp³-hybridized carbons (Fsp3) is 0.375. The summed E-state index contributed by atoms with van der Waals surface area (Å²) in [7, 11) is 6.36. The van der Waals surface area contributed by atoms with Crippen molar-refractivity contribution in [2.24, 2.45) is 0 Å². The third-order valence-electron chi connectivity index (χ3n) is 6.28. The zero-order valence-electron chi connectivity index (χ0n) is 22.4. The van der Waals surface area contributed by atoms with E-state index in [1.165, 1.54) is 5.69 Å². The highest BCUT2D eigenvalue weighted by molar-refractivity contribution is 6.08. The molecule has 0 aliphatic carbocycles. The average molecular weight is 503 g/mol. The van der Waals surface area contributed by atoms with Crippen molar-refractivity contribution in [1.82, 2.24) is 4.48 Å². The van der Waals surface area contributed by atoms with Crippen LogP contribution in [0.15, 0.2) is 78.9 Å². The van der Waals surface area contributed by atoms with Gasteiger partial charge in [-0.05, 0) is 54.8 Å². The van der Waals surface area contributed by atoms with Crippen LogP contribution in [-0.4, -0.2) is 46.1 Å². The molecule has 0 bridgehead atoms. The van der Waals surface area contributed by atoms with Crippen molar-refractivity contribution in [2.75, 3.05) is 34.4 Å². The molecule has 0 unspecified atom stereocenters. The average Bonchev–Trinajstić information content (AvgIpc) is 2.90. The van der Waals surface area contributed by atoms with Crippen LogP contribution in [0.2, 0.25) is 0 Å². The van der Waals surface area contributed by atoms with Crippen molar-refractivity contribution in [1.29, 1.82) is 0 Å². The van der Waals surface area contributed by atoms with Gasteiger partial charge in [0.05, 0.1) is 40.8 Å². The number of esters is 1. The van der Waals surface area contributed by atoms with Crippen molar-refractivity contribution in [3.63, 3.8) is 0 Å². The van der Waals surface area contributed by atoms with Gasteiger partial charge in [0.2, 0.25) is 0 Å². The first-order chi connectivity index (χ1) is 17.8. The predicted octanol–water partition coefficient (Wildman–Crippen LogP) is 6.62. The van der Waals surface area contributed by atoms with Crippen LogP contribution >= 0.6 is 0 Å². The maximum Gasteiger partial charge on any atom is 0.310 e. The SMILES string of the molecule is C[N+](C)(C)c1ccc(CC(=O)OCCCCCCCCOc2ccc(C(=O)c3ccccc3)cc2)cc1. The minimum Gasteiger partial charge on any atom is -0.494 e. The Labute approximate surface area is 221 Å². The quantitative estimate of drug-likeness (QED) is 0.101. The number of hydrogen-bond donors (Lipinski definition) is 0. The molecule has 0 saturated carbocycles. The molecule has 0 amide bonds. The molecule has 0 heterocycles. The van der Waals surface area contributed by atoms with Gasteiger partial charge in [-0.2, -0.15) is 0 Å². The van der Waals surface area contributed by atoms with Crippen LogP contribution in [0.4, 0.5) is 5.69 Å². The maximum atomic E-state index is 12.5. The number of ketones is 1. The Balaban J connectivity index is 1.19. The normalized spacial score (nSPS) is 11.2. The van der Waals surface area contributed by atoms with Crippen molar-refractivity contribution in [2.45, 2.75) is 44.9 Å². The molecule has 0 aliphatic rings. The Hall–Kier alpha value is -3.44. The van der Waals surface area contributed by atoms with Gasteiger partial charge >= 0.3 is 5.97 Å². The van der Waals surface area contributed by atoms with Crippen molar-refractivity contribution in [3.8, 4) is 5.75 Å². The smallest absolute Gasteiger partial charge is 0.310 e. The van der Waals surface area contributed by atoms with Gasteiger partial charge in [-0.15, -0.1) is 0 Å². The van der Waals surface area contributed by atoms with Crippen LogP contribution in [0.1, 0.15) is 60.0 Å². The molecule has 3 rings (SSSR count). The number of ether oxygens (including phenoxy) is 2. The third-order valence-corrected chi connectivity index (χ3v) is 6.28. The monoisotopic (exact) mass is 502 g/mol. The number of rotatable bonds is 15. The van der Waals surface area contributed by atoms with Gasteiger partial charge in [-0.1, -0.05) is 68.1 Å². The first kappa shape index (κ1) is 28.1.